The summed E-state index contributed by atoms with van der Waals surface area (Å²) in [7, 11) is 0. The minimum atomic E-state index is -0.529. The summed E-state index contributed by atoms with van der Waals surface area (Å²) in [6.07, 6.45) is 0. The van der Waals surface area contributed by atoms with E-state index in [1.54, 1.807) is 18.2 Å². The standard InChI is InChI=1S/C22H13BrF2O2/c23-14-6-5-12-11-20(25)18(10-13(12)9-14)17-8-7-16(21(26)22(17)27)15-3-1-2-4-19(15)24/h1-11,26-27H. The molecule has 0 aliphatic rings. The smallest absolute Gasteiger partial charge is 0.166 e. The highest BCUT2D eigenvalue weighted by molar-refractivity contribution is 9.10. The molecular weight excluding hydrogens is 414 g/mol. The van der Waals surface area contributed by atoms with Crippen molar-refractivity contribution in [3.8, 4) is 33.8 Å². The minimum absolute atomic E-state index is 0.131. The molecule has 0 aliphatic carbocycles. The zero-order valence-corrected chi connectivity index (χ0v) is 15.5. The van der Waals surface area contributed by atoms with Gasteiger partial charge in [-0.15, -0.1) is 0 Å². The van der Waals surface area contributed by atoms with Crippen LogP contribution in [-0.2, 0) is 0 Å². The van der Waals surface area contributed by atoms with Crippen molar-refractivity contribution in [3.63, 3.8) is 0 Å². The Bertz CT molecular complexity index is 1190. The lowest BCUT2D eigenvalue weighted by molar-refractivity contribution is 0.406. The monoisotopic (exact) mass is 426 g/mol. The molecule has 0 saturated carbocycles. The molecule has 2 nitrogen and oxygen atoms in total. The first-order chi connectivity index (χ1) is 13.0. The van der Waals surface area contributed by atoms with Crippen LogP contribution in [0, 0.1) is 11.6 Å². The average Bonchev–Trinajstić information content (AvgIpc) is 2.65. The lowest BCUT2D eigenvalue weighted by Crippen LogP contribution is -1.90. The molecule has 0 aliphatic heterocycles. The zero-order chi connectivity index (χ0) is 19.1. The Labute approximate surface area is 162 Å². The van der Waals surface area contributed by atoms with Gasteiger partial charge in [-0.3, -0.25) is 0 Å². The van der Waals surface area contributed by atoms with E-state index in [9.17, 15) is 19.0 Å². The third-order valence-electron chi connectivity index (χ3n) is 4.49. The van der Waals surface area contributed by atoms with Gasteiger partial charge in [0, 0.05) is 26.7 Å². The maximum Gasteiger partial charge on any atom is 0.166 e. The van der Waals surface area contributed by atoms with E-state index in [1.807, 2.05) is 12.1 Å². The van der Waals surface area contributed by atoms with Crippen molar-refractivity contribution < 1.29 is 19.0 Å². The number of hydrogen-bond donors (Lipinski definition) is 2. The Morgan fingerprint density at radius 2 is 1.26 bits per heavy atom. The minimum Gasteiger partial charge on any atom is -0.504 e. The molecular formula is C22H13BrF2O2. The molecule has 0 unspecified atom stereocenters. The molecule has 0 bridgehead atoms. The van der Waals surface area contributed by atoms with Crippen molar-refractivity contribution in [1.82, 2.24) is 0 Å². The summed E-state index contributed by atoms with van der Waals surface area (Å²) in [4.78, 5) is 0. The molecule has 0 spiro atoms. The van der Waals surface area contributed by atoms with Crippen molar-refractivity contribution in [2.24, 2.45) is 0 Å². The first-order valence-electron chi connectivity index (χ1n) is 8.14. The van der Waals surface area contributed by atoms with Crippen LogP contribution in [0.15, 0.2) is 71.2 Å². The van der Waals surface area contributed by atoms with E-state index in [2.05, 4.69) is 15.9 Å². The number of aromatic hydroxyl groups is 2. The molecule has 4 aromatic carbocycles. The van der Waals surface area contributed by atoms with E-state index >= 15 is 0 Å². The highest BCUT2D eigenvalue weighted by atomic mass is 79.9. The average molecular weight is 427 g/mol. The number of fused-ring (bicyclic) bond motifs is 1. The Hall–Kier alpha value is -2.92. The molecule has 0 fully saturated rings. The molecule has 2 N–H and O–H groups in total. The number of phenolic OH excluding ortho intramolecular Hbond substituents is 2. The van der Waals surface area contributed by atoms with E-state index in [-0.39, 0.29) is 22.3 Å². The second-order valence-electron chi connectivity index (χ2n) is 6.16. The third kappa shape index (κ3) is 3.04. The predicted octanol–water partition coefficient (Wildman–Crippen LogP) is 6.63. The van der Waals surface area contributed by atoms with Crippen LogP contribution in [-0.4, -0.2) is 10.2 Å². The van der Waals surface area contributed by atoms with Crippen LogP contribution in [0.5, 0.6) is 11.5 Å². The zero-order valence-electron chi connectivity index (χ0n) is 13.9. The van der Waals surface area contributed by atoms with Crippen molar-refractivity contribution in [3.05, 3.63) is 82.8 Å². The fourth-order valence-electron chi connectivity index (χ4n) is 3.14. The van der Waals surface area contributed by atoms with Crippen LogP contribution in [0.1, 0.15) is 0 Å². The van der Waals surface area contributed by atoms with Crippen molar-refractivity contribution in [2.75, 3.05) is 0 Å². The molecule has 27 heavy (non-hydrogen) atoms. The molecule has 0 heterocycles. The summed E-state index contributed by atoms with van der Waals surface area (Å²) < 4.78 is 29.5. The summed E-state index contributed by atoms with van der Waals surface area (Å²) in [6, 6.07) is 17.3. The van der Waals surface area contributed by atoms with E-state index in [1.165, 1.54) is 36.4 Å². The molecule has 0 aromatic heterocycles. The first kappa shape index (κ1) is 17.5. The Balaban J connectivity index is 1.91. The molecule has 134 valence electrons. The fourth-order valence-corrected chi connectivity index (χ4v) is 3.52. The summed E-state index contributed by atoms with van der Waals surface area (Å²) in [5.74, 6) is -2.05. The largest absolute Gasteiger partial charge is 0.504 e. The van der Waals surface area contributed by atoms with Gasteiger partial charge in [0.25, 0.3) is 0 Å². The lowest BCUT2D eigenvalue weighted by atomic mass is 9.95. The van der Waals surface area contributed by atoms with E-state index in [0.717, 1.165) is 9.86 Å². The van der Waals surface area contributed by atoms with Gasteiger partial charge in [-0.1, -0.05) is 40.2 Å². The third-order valence-corrected chi connectivity index (χ3v) is 4.99. The van der Waals surface area contributed by atoms with Gasteiger partial charge in [0.1, 0.15) is 11.6 Å². The summed E-state index contributed by atoms with van der Waals surface area (Å²) >= 11 is 3.38. The molecule has 0 saturated heterocycles. The van der Waals surface area contributed by atoms with Crippen LogP contribution >= 0.6 is 15.9 Å². The SMILES string of the molecule is Oc1c(-c2ccccc2F)ccc(-c2cc3cc(Br)ccc3cc2F)c1O. The highest BCUT2D eigenvalue weighted by Crippen LogP contribution is 2.44. The summed E-state index contributed by atoms with van der Waals surface area (Å²) in [6.45, 7) is 0. The quantitative estimate of drug-likeness (QED) is 0.353. The second-order valence-corrected chi connectivity index (χ2v) is 7.08. The maximum atomic E-state index is 14.6. The molecule has 4 rings (SSSR count). The van der Waals surface area contributed by atoms with Crippen LogP contribution in [0.4, 0.5) is 8.78 Å². The molecule has 4 aromatic rings. The van der Waals surface area contributed by atoms with E-state index in [0.29, 0.717) is 5.39 Å². The van der Waals surface area contributed by atoms with Gasteiger partial charge in [0.05, 0.1) is 0 Å². The number of benzene rings is 4. The van der Waals surface area contributed by atoms with Crippen LogP contribution in [0.2, 0.25) is 0 Å². The summed E-state index contributed by atoms with van der Waals surface area (Å²) in [5, 5.41) is 22.4. The van der Waals surface area contributed by atoms with Gasteiger partial charge >= 0.3 is 0 Å². The van der Waals surface area contributed by atoms with Crippen LogP contribution in [0.25, 0.3) is 33.0 Å². The Morgan fingerprint density at radius 3 is 1.96 bits per heavy atom. The molecule has 0 amide bonds. The van der Waals surface area contributed by atoms with Gasteiger partial charge < -0.3 is 10.2 Å². The molecule has 0 atom stereocenters. The van der Waals surface area contributed by atoms with Crippen molar-refractivity contribution in [2.45, 2.75) is 0 Å². The van der Waals surface area contributed by atoms with Gasteiger partial charge in [-0.2, -0.15) is 0 Å². The van der Waals surface area contributed by atoms with Gasteiger partial charge in [0.2, 0.25) is 0 Å². The predicted molar refractivity (Wildman–Crippen MR) is 106 cm³/mol. The Morgan fingerprint density at radius 1 is 0.593 bits per heavy atom. The van der Waals surface area contributed by atoms with E-state index in [4.69, 9.17) is 0 Å². The Kier molecular flexibility index (Phi) is 4.32. The fraction of sp³-hybridized carbons (Fsp3) is 0. The van der Waals surface area contributed by atoms with Crippen LogP contribution < -0.4 is 0 Å². The van der Waals surface area contributed by atoms with E-state index < -0.39 is 23.1 Å². The van der Waals surface area contributed by atoms with Crippen LogP contribution in [0.3, 0.4) is 0 Å². The first-order valence-corrected chi connectivity index (χ1v) is 8.94. The number of rotatable bonds is 2. The van der Waals surface area contributed by atoms with Gasteiger partial charge in [-0.25, -0.2) is 8.78 Å². The summed E-state index contributed by atoms with van der Waals surface area (Å²) in [5.41, 5.74) is 0.568. The lowest BCUT2D eigenvalue weighted by Gasteiger charge is -2.13. The van der Waals surface area contributed by atoms with Gasteiger partial charge in [0.15, 0.2) is 11.5 Å². The van der Waals surface area contributed by atoms with Gasteiger partial charge in [-0.05, 0) is 53.2 Å². The molecule has 0 radical (unpaired) electrons. The molecule has 5 heteroatoms. The maximum absolute atomic E-state index is 14.6. The topological polar surface area (TPSA) is 40.5 Å². The van der Waals surface area contributed by atoms with Crippen molar-refractivity contribution >= 4 is 26.7 Å². The normalized spacial score (nSPS) is 11.1. The second kappa shape index (κ2) is 6.67. The highest BCUT2D eigenvalue weighted by Gasteiger charge is 2.19. The number of halogens is 3. The van der Waals surface area contributed by atoms with Crippen molar-refractivity contribution in [1.29, 1.82) is 0 Å². The number of phenols is 2. The number of hydrogen-bond acceptors (Lipinski definition) is 2.